The van der Waals surface area contributed by atoms with Crippen molar-refractivity contribution < 1.29 is 0 Å². The zero-order valence-electron chi connectivity index (χ0n) is 7.64. The van der Waals surface area contributed by atoms with Gasteiger partial charge in [-0.05, 0) is 25.2 Å². The highest BCUT2D eigenvalue weighted by Gasteiger charge is 2.23. The van der Waals surface area contributed by atoms with Crippen LogP contribution in [-0.2, 0) is 0 Å². The largest absolute Gasteiger partial charge is 0.0991 e. The fraction of sp³-hybridized carbons (Fsp3) is 0.636. The van der Waals surface area contributed by atoms with Gasteiger partial charge in [0.15, 0.2) is 0 Å². The van der Waals surface area contributed by atoms with E-state index in [-0.39, 0.29) is 0 Å². The molecule has 1 fully saturated rings. The molecule has 0 unspecified atom stereocenters. The van der Waals surface area contributed by atoms with Crippen molar-refractivity contribution >= 4 is 0 Å². The van der Waals surface area contributed by atoms with E-state index in [1.165, 1.54) is 24.8 Å². The van der Waals surface area contributed by atoms with Crippen LogP contribution in [0.2, 0.25) is 0 Å². The summed E-state index contributed by atoms with van der Waals surface area (Å²) >= 11 is 0. The van der Waals surface area contributed by atoms with Gasteiger partial charge in [-0.1, -0.05) is 44.1 Å². The third-order valence-electron chi connectivity index (χ3n) is 2.83. The average Bonchev–Trinajstić information content (AvgIpc) is 2.36. The lowest BCUT2D eigenvalue weighted by Gasteiger charge is -2.15. The molecule has 1 saturated carbocycles. The molecule has 62 valence electrons. The first-order valence-electron chi connectivity index (χ1n) is 4.55. The zero-order valence-corrected chi connectivity index (χ0v) is 7.64. The predicted octanol–water partition coefficient (Wildman–Crippen LogP) is 3.55. The number of hydrogen-bond donors (Lipinski definition) is 0. The number of rotatable bonds is 2. The molecule has 0 heteroatoms. The van der Waals surface area contributed by atoms with E-state index >= 15 is 0 Å². The van der Waals surface area contributed by atoms with E-state index in [0.29, 0.717) is 0 Å². The van der Waals surface area contributed by atoms with E-state index in [1.54, 1.807) is 0 Å². The quantitative estimate of drug-likeness (QED) is 0.528. The summed E-state index contributed by atoms with van der Waals surface area (Å²) in [6.07, 6.45) is 8.27. The van der Waals surface area contributed by atoms with Crippen LogP contribution >= 0.6 is 0 Å². The SMILES string of the molecule is C=C/C=C(\C)[C@H]1CCC[C@H]1C. The fourth-order valence-electron chi connectivity index (χ4n) is 2.13. The second-order valence-corrected chi connectivity index (χ2v) is 3.66. The van der Waals surface area contributed by atoms with E-state index in [4.69, 9.17) is 0 Å². The Morgan fingerprint density at radius 3 is 2.64 bits per heavy atom. The van der Waals surface area contributed by atoms with Gasteiger partial charge in [0.05, 0.1) is 0 Å². The lowest BCUT2D eigenvalue weighted by Crippen LogP contribution is -2.04. The molecule has 0 amide bonds. The van der Waals surface area contributed by atoms with Gasteiger partial charge in [-0.25, -0.2) is 0 Å². The summed E-state index contributed by atoms with van der Waals surface area (Å²) < 4.78 is 0. The molecule has 0 N–H and O–H groups in total. The van der Waals surface area contributed by atoms with Crippen molar-refractivity contribution in [2.24, 2.45) is 11.8 Å². The molecular weight excluding hydrogens is 132 g/mol. The minimum absolute atomic E-state index is 0.841. The normalized spacial score (nSPS) is 32.4. The van der Waals surface area contributed by atoms with Gasteiger partial charge in [0.2, 0.25) is 0 Å². The predicted molar refractivity (Wildman–Crippen MR) is 50.5 cm³/mol. The lowest BCUT2D eigenvalue weighted by atomic mass is 9.91. The van der Waals surface area contributed by atoms with Crippen LogP contribution in [0.3, 0.4) is 0 Å². The minimum atomic E-state index is 0.841. The Morgan fingerprint density at radius 1 is 1.45 bits per heavy atom. The van der Waals surface area contributed by atoms with Crippen LogP contribution in [0, 0.1) is 11.8 Å². The summed E-state index contributed by atoms with van der Waals surface area (Å²) in [5.74, 6) is 1.74. The van der Waals surface area contributed by atoms with Crippen LogP contribution in [0.5, 0.6) is 0 Å². The van der Waals surface area contributed by atoms with Gasteiger partial charge >= 0.3 is 0 Å². The first-order chi connectivity index (χ1) is 5.25. The first kappa shape index (κ1) is 8.58. The van der Waals surface area contributed by atoms with Crippen molar-refractivity contribution in [2.75, 3.05) is 0 Å². The van der Waals surface area contributed by atoms with Gasteiger partial charge in [0.25, 0.3) is 0 Å². The molecule has 0 bridgehead atoms. The summed E-state index contributed by atoms with van der Waals surface area (Å²) in [7, 11) is 0. The van der Waals surface area contributed by atoms with Crippen molar-refractivity contribution in [1.82, 2.24) is 0 Å². The monoisotopic (exact) mass is 150 g/mol. The molecule has 0 radical (unpaired) electrons. The molecule has 2 atom stereocenters. The topological polar surface area (TPSA) is 0 Å². The summed E-state index contributed by atoms with van der Waals surface area (Å²) in [5.41, 5.74) is 1.52. The maximum Gasteiger partial charge on any atom is -0.0177 e. The van der Waals surface area contributed by atoms with E-state index in [9.17, 15) is 0 Å². The van der Waals surface area contributed by atoms with Crippen molar-refractivity contribution in [3.63, 3.8) is 0 Å². The highest BCUT2D eigenvalue weighted by molar-refractivity contribution is 5.13. The maximum atomic E-state index is 3.72. The second-order valence-electron chi connectivity index (χ2n) is 3.66. The fourth-order valence-corrected chi connectivity index (χ4v) is 2.13. The molecule has 11 heavy (non-hydrogen) atoms. The van der Waals surface area contributed by atoms with Crippen LogP contribution in [0.4, 0.5) is 0 Å². The molecule has 0 aliphatic heterocycles. The van der Waals surface area contributed by atoms with Gasteiger partial charge in [0.1, 0.15) is 0 Å². The Hall–Kier alpha value is -0.520. The van der Waals surface area contributed by atoms with Gasteiger partial charge < -0.3 is 0 Å². The molecule has 1 rings (SSSR count). The van der Waals surface area contributed by atoms with Crippen molar-refractivity contribution in [1.29, 1.82) is 0 Å². The van der Waals surface area contributed by atoms with E-state index in [0.717, 1.165) is 11.8 Å². The number of allylic oxidation sites excluding steroid dienone is 3. The highest BCUT2D eigenvalue weighted by atomic mass is 14.3. The Balaban J connectivity index is 2.58. The Kier molecular flexibility index (Phi) is 2.92. The van der Waals surface area contributed by atoms with Crippen molar-refractivity contribution in [2.45, 2.75) is 33.1 Å². The van der Waals surface area contributed by atoms with E-state index in [1.807, 2.05) is 6.08 Å². The molecular formula is C11H18. The van der Waals surface area contributed by atoms with Crippen LogP contribution in [0.1, 0.15) is 33.1 Å². The molecule has 1 aliphatic carbocycles. The van der Waals surface area contributed by atoms with Crippen LogP contribution in [-0.4, -0.2) is 0 Å². The standard InChI is InChI=1S/C11H18/c1-4-6-9(2)11-8-5-7-10(11)3/h4,6,10-11H,1,5,7-8H2,2-3H3/b9-6+/t10-,11-/m1/s1. The van der Waals surface area contributed by atoms with Gasteiger partial charge in [-0.15, -0.1) is 0 Å². The molecule has 0 saturated heterocycles. The first-order valence-corrected chi connectivity index (χ1v) is 4.55. The Bertz CT molecular complexity index is 165. The molecule has 0 aromatic carbocycles. The summed E-state index contributed by atoms with van der Waals surface area (Å²) in [6.45, 7) is 8.31. The lowest BCUT2D eigenvalue weighted by molar-refractivity contribution is 0.480. The minimum Gasteiger partial charge on any atom is -0.0991 e. The number of hydrogen-bond acceptors (Lipinski definition) is 0. The molecule has 0 heterocycles. The maximum absolute atomic E-state index is 3.72. The zero-order chi connectivity index (χ0) is 8.27. The van der Waals surface area contributed by atoms with Gasteiger partial charge in [0, 0.05) is 0 Å². The summed E-state index contributed by atoms with van der Waals surface area (Å²) in [6, 6.07) is 0. The van der Waals surface area contributed by atoms with Crippen LogP contribution in [0.25, 0.3) is 0 Å². The molecule has 0 aromatic rings. The van der Waals surface area contributed by atoms with E-state index in [2.05, 4.69) is 26.5 Å². The Labute approximate surface area is 70.0 Å². The Morgan fingerprint density at radius 2 is 2.18 bits per heavy atom. The highest BCUT2D eigenvalue weighted by Crippen LogP contribution is 2.35. The van der Waals surface area contributed by atoms with Crippen LogP contribution < -0.4 is 0 Å². The second kappa shape index (κ2) is 3.75. The van der Waals surface area contributed by atoms with Gasteiger partial charge in [-0.3, -0.25) is 0 Å². The molecule has 0 nitrogen and oxygen atoms in total. The molecule has 0 spiro atoms. The van der Waals surface area contributed by atoms with Crippen molar-refractivity contribution in [3.05, 3.63) is 24.3 Å². The molecule has 0 aromatic heterocycles. The average molecular weight is 150 g/mol. The third-order valence-corrected chi connectivity index (χ3v) is 2.83. The third kappa shape index (κ3) is 1.95. The summed E-state index contributed by atoms with van der Waals surface area (Å²) in [5, 5.41) is 0. The van der Waals surface area contributed by atoms with E-state index < -0.39 is 0 Å². The summed E-state index contributed by atoms with van der Waals surface area (Å²) in [4.78, 5) is 0. The van der Waals surface area contributed by atoms with Gasteiger partial charge in [-0.2, -0.15) is 0 Å². The van der Waals surface area contributed by atoms with Crippen molar-refractivity contribution in [3.8, 4) is 0 Å². The smallest absolute Gasteiger partial charge is 0.0177 e. The van der Waals surface area contributed by atoms with Crippen LogP contribution in [0.15, 0.2) is 24.3 Å². The molecule has 1 aliphatic rings.